The molecule has 1 aromatic heterocycles. The summed E-state index contributed by atoms with van der Waals surface area (Å²) in [6.45, 7) is 0. The molecule has 17 heavy (non-hydrogen) atoms. The van der Waals surface area contributed by atoms with Crippen LogP contribution in [0.3, 0.4) is 0 Å². The van der Waals surface area contributed by atoms with Crippen molar-refractivity contribution in [3.8, 4) is 5.69 Å². The Hall–Kier alpha value is -1.56. The Morgan fingerprint density at radius 1 is 1.00 bits per heavy atom. The lowest BCUT2D eigenvalue weighted by Crippen LogP contribution is -1.96. The summed E-state index contributed by atoms with van der Waals surface area (Å²) in [5.41, 5.74) is 8.04. The van der Waals surface area contributed by atoms with E-state index in [9.17, 15) is 0 Å². The van der Waals surface area contributed by atoms with Gasteiger partial charge in [-0.3, -0.25) is 0 Å². The highest BCUT2D eigenvalue weighted by atomic mass is 127. The molecule has 0 radical (unpaired) electrons. The van der Waals surface area contributed by atoms with Crippen LogP contribution >= 0.6 is 22.6 Å². The van der Waals surface area contributed by atoms with E-state index >= 15 is 0 Å². The second kappa shape index (κ2) is 4.03. The molecule has 0 unspecified atom stereocenters. The Kier molecular flexibility index (Phi) is 2.51. The molecule has 2 aromatic carbocycles. The summed E-state index contributed by atoms with van der Waals surface area (Å²) >= 11 is 2.28. The molecule has 0 saturated carbocycles. The molecule has 0 saturated heterocycles. The van der Waals surface area contributed by atoms with Gasteiger partial charge in [-0.1, -0.05) is 24.3 Å². The van der Waals surface area contributed by atoms with Crippen molar-refractivity contribution in [2.24, 2.45) is 0 Å². The lowest BCUT2D eigenvalue weighted by Gasteiger charge is -2.02. The van der Waals surface area contributed by atoms with Crippen molar-refractivity contribution < 1.29 is 0 Å². The summed E-state index contributed by atoms with van der Waals surface area (Å²) in [5, 5.41) is 5.44. The van der Waals surface area contributed by atoms with Crippen molar-refractivity contribution in [2.75, 3.05) is 5.73 Å². The van der Waals surface area contributed by atoms with Gasteiger partial charge >= 0.3 is 0 Å². The largest absolute Gasteiger partial charge is 0.382 e. The number of nitrogens with two attached hydrogens (primary N) is 1. The maximum atomic E-state index is 5.98. The van der Waals surface area contributed by atoms with E-state index in [4.69, 9.17) is 5.73 Å². The SMILES string of the molecule is Nc1nn(-c2ccccc2)c2cccc(I)c12. The van der Waals surface area contributed by atoms with E-state index in [-0.39, 0.29) is 0 Å². The number of aromatic nitrogens is 2. The topological polar surface area (TPSA) is 43.8 Å². The zero-order valence-corrected chi connectivity index (χ0v) is 11.1. The summed E-state index contributed by atoms with van der Waals surface area (Å²) in [6.07, 6.45) is 0. The molecular weight excluding hydrogens is 325 g/mol. The highest BCUT2D eigenvalue weighted by Crippen LogP contribution is 2.27. The van der Waals surface area contributed by atoms with Gasteiger partial charge in [-0.05, 0) is 46.9 Å². The number of anilines is 1. The second-order valence-electron chi connectivity index (χ2n) is 3.77. The molecule has 0 atom stereocenters. The van der Waals surface area contributed by atoms with Crippen LogP contribution in [0.25, 0.3) is 16.6 Å². The molecule has 2 N–H and O–H groups in total. The Morgan fingerprint density at radius 3 is 2.53 bits per heavy atom. The highest BCUT2D eigenvalue weighted by molar-refractivity contribution is 14.1. The molecular formula is C13H10IN3. The van der Waals surface area contributed by atoms with Crippen LogP contribution < -0.4 is 5.73 Å². The van der Waals surface area contributed by atoms with E-state index in [1.807, 2.05) is 53.2 Å². The van der Waals surface area contributed by atoms with Crippen LogP contribution in [0.4, 0.5) is 5.82 Å². The lowest BCUT2D eigenvalue weighted by atomic mass is 10.2. The van der Waals surface area contributed by atoms with Crippen LogP contribution in [0.1, 0.15) is 0 Å². The van der Waals surface area contributed by atoms with Gasteiger partial charge in [0.1, 0.15) is 0 Å². The molecule has 84 valence electrons. The van der Waals surface area contributed by atoms with Gasteiger partial charge in [0, 0.05) is 3.57 Å². The standard InChI is InChI=1S/C13H10IN3/c14-10-7-4-8-11-12(10)13(15)16-17(11)9-5-2-1-3-6-9/h1-8H,(H2,15,16). The Balaban J connectivity index is 2.36. The van der Waals surface area contributed by atoms with Gasteiger partial charge in [0.25, 0.3) is 0 Å². The Morgan fingerprint density at radius 2 is 1.76 bits per heavy atom. The third-order valence-electron chi connectivity index (χ3n) is 2.68. The molecule has 0 aliphatic carbocycles. The number of rotatable bonds is 1. The summed E-state index contributed by atoms with van der Waals surface area (Å²) in [7, 11) is 0. The molecule has 4 heteroatoms. The van der Waals surface area contributed by atoms with Crippen LogP contribution in [-0.4, -0.2) is 9.78 Å². The molecule has 0 aliphatic heterocycles. The first-order chi connectivity index (χ1) is 8.27. The summed E-state index contributed by atoms with van der Waals surface area (Å²) in [6, 6.07) is 16.1. The van der Waals surface area contributed by atoms with Crippen LogP contribution in [0.5, 0.6) is 0 Å². The first-order valence-corrected chi connectivity index (χ1v) is 6.33. The van der Waals surface area contributed by atoms with Gasteiger partial charge in [-0.2, -0.15) is 0 Å². The van der Waals surface area contributed by atoms with Crippen molar-refractivity contribution in [3.63, 3.8) is 0 Å². The van der Waals surface area contributed by atoms with E-state index in [1.54, 1.807) is 0 Å². The lowest BCUT2D eigenvalue weighted by molar-refractivity contribution is 0.917. The maximum absolute atomic E-state index is 5.98. The molecule has 0 spiro atoms. The van der Waals surface area contributed by atoms with Crippen molar-refractivity contribution in [2.45, 2.75) is 0 Å². The maximum Gasteiger partial charge on any atom is 0.154 e. The summed E-state index contributed by atoms with van der Waals surface area (Å²) in [5.74, 6) is 0.578. The number of hydrogen-bond acceptors (Lipinski definition) is 2. The predicted octanol–water partition coefficient (Wildman–Crippen LogP) is 3.21. The Labute approximate surface area is 112 Å². The molecule has 0 amide bonds. The molecule has 3 aromatic rings. The van der Waals surface area contributed by atoms with E-state index in [2.05, 4.69) is 27.7 Å². The summed E-state index contributed by atoms with van der Waals surface area (Å²) in [4.78, 5) is 0. The zero-order valence-electron chi connectivity index (χ0n) is 8.97. The number of para-hydroxylation sites is 1. The zero-order chi connectivity index (χ0) is 11.8. The van der Waals surface area contributed by atoms with Gasteiger partial charge in [0.15, 0.2) is 5.82 Å². The molecule has 0 aliphatic rings. The molecule has 1 heterocycles. The number of hydrogen-bond donors (Lipinski definition) is 1. The fraction of sp³-hybridized carbons (Fsp3) is 0. The van der Waals surface area contributed by atoms with Gasteiger partial charge in [0.2, 0.25) is 0 Å². The summed E-state index contributed by atoms with van der Waals surface area (Å²) < 4.78 is 3.01. The number of benzene rings is 2. The Bertz CT molecular complexity index is 674. The third-order valence-corrected chi connectivity index (χ3v) is 3.58. The van der Waals surface area contributed by atoms with E-state index in [0.29, 0.717) is 5.82 Å². The minimum absolute atomic E-state index is 0.578. The average Bonchev–Trinajstić information content (AvgIpc) is 2.69. The first-order valence-electron chi connectivity index (χ1n) is 5.25. The van der Waals surface area contributed by atoms with Crippen molar-refractivity contribution in [1.29, 1.82) is 0 Å². The highest BCUT2D eigenvalue weighted by Gasteiger charge is 2.11. The predicted molar refractivity (Wildman–Crippen MR) is 78.2 cm³/mol. The van der Waals surface area contributed by atoms with Gasteiger partial charge in [0.05, 0.1) is 16.6 Å². The normalized spacial score (nSPS) is 10.9. The monoisotopic (exact) mass is 335 g/mol. The first kappa shape index (κ1) is 10.6. The molecule has 0 fully saturated rings. The molecule has 3 nitrogen and oxygen atoms in total. The van der Waals surface area contributed by atoms with Crippen LogP contribution in [-0.2, 0) is 0 Å². The molecule has 3 rings (SSSR count). The van der Waals surface area contributed by atoms with Crippen LogP contribution in [0, 0.1) is 3.57 Å². The smallest absolute Gasteiger partial charge is 0.154 e. The van der Waals surface area contributed by atoms with Gasteiger partial charge in [-0.15, -0.1) is 5.10 Å². The van der Waals surface area contributed by atoms with Crippen LogP contribution in [0.2, 0.25) is 0 Å². The van der Waals surface area contributed by atoms with Crippen molar-refractivity contribution >= 4 is 39.3 Å². The van der Waals surface area contributed by atoms with Crippen LogP contribution in [0.15, 0.2) is 48.5 Å². The van der Waals surface area contributed by atoms with Crippen molar-refractivity contribution in [1.82, 2.24) is 9.78 Å². The third kappa shape index (κ3) is 1.68. The van der Waals surface area contributed by atoms with E-state index in [0.717, 1.165) is 20.2 Å². The minimum atomic E-state index is 0.578. The number of nitrogen functional groups attached to an aromatic ring is 1. The fourth-order valence-electron chi connectivity index (χ4n) is 1.92. The molecule has 0 bridgehead atoms. The number of halogens is 1. The van der Waals surface area contributed by atoms with E-state index in [1.165, 1.54) is 0 Å². The second-order valence-corrected chi connectivity index (χ2v) is 4.93. The van der Waals surface area contributed by atoms with E-state index < -0.39 is 0 Å². The number of nitrogens with zero attached hydrogens (tertiary/aromatic N) is 2. The quantitative estimate of drug-likeness (QED) is 0.694. The van der Waals surface area contributed by atoms with Gasteiger partial charge < -0.3 is 5.73 Å². The average molecular weight is 335 g/mol. The van der Waals surface area contributed by atoms with Crippen molar-refractivity contribution in [3.05, 3.63) is 52.1 Å². The fourth-order valence-corrected chi connectivity index (χ4v) is 2.68. The number of fused-ring (bicyclic) bond motifs is 1. The van der Waals surface area contributed by atoms with Gasteiger partial charge in [-0.25, -0.2) is 4.68 Å². The minimum Gasteiger partial charge on any atom is -0.382 e.